The molecular weight excluding hydrogens is 466 g/mol. The monoisotopic (exact) mass is 491 g/mol. The van der Waals surface area contributed by atoms with Gasteiger partial charge in [0, 0.05) is 5.02 Å². The van der Waals surface area contributed by atoms with E-state index < -0.39 is 35.9 Å². The van der Waals surface area contributed by atoms with Crippen LogP contribution in [0.4, 0.5) is 9.80 Å². The molecule has 1 saturated heterocycles. The number of anilines is 1. The number of thiophene rings is 1. The van der Waals surface area contributed by atoms with Gasteiger partial charge in [-0.1, -0.05) is 37.6 Å². The lowest BCUT2D eigenvalue weighted by Crippen LogP contribution is -2.42. The van der Waals surface area contributed by atoms with Crippen LogP contribution >= 0.6 is 22.9 Å². The van der Waals surface area contributed by atoms with E-state index in [9.17, 15) is 19.2 Å². The molecule has 0 spiro atoms. The van der Waals surface area contributed by atoms with E-state index in [0.29, 0.717) is 33.5 Å². The van der Waals surface area contributed by atoms with E-state index in [0.717, 1.165) is 10.5 Å². The van der Waals surface area contributed by atoms with Gasteiger partial charge >= 0.3 is 12.0 Å². The minimum absolute atomic E-state index is 0.203. The zero-order valence-corrected chi connectivity index (χ0v) is 20.4. The first-order valence-electron chi connectivity index (χ1n) is 10.5. The highest BCUT2D eigenvalue weighted by molar-refractivity contribution is 7.15. The van der Waals surface area contributed by atoms with Crippen LogP contribution in [0.2, 0.25) is 5.02 Å². The van der Waals surface area contributed by atoms with Crippen molar-refractivity contribution in [2.75, 3.05) is 18.5 Å². The second-order valence-corrected chi connectivity index (χ2v) is 9.60. The Morgan fingerprint density at radius 2 is 1.91 bits per heavy atom. The molecule has 0 aliphatic carbocycles. The van der Waals surface area contributed by atoms with Crippen LogP contribution in [0.3, 0.4) is 0 Å². The smallest absolute Gasteiger partial charge is 0.341 e. The first kappa shape index (κ1) is 24.7. The van der Waals surface area contributed by atoms with E-state index >= 15 is 0 Å². The molecule has 4 amide bonds. The number of carbonyl (C=O) groups excluding carboxylic acids is 4. The Hall–Kier alpha value is -2.91. The van der Waals surface area contributed by atoms with Crippen molar-refractivity contribution in [1.82, 2.24) is 10.2 Å². The van der Waals surface area contributed by atoms with Gasteiger partial charge in [-0.15, -0.1) is 11.3 Å². The molecule has 0 radical (unpaired) electrons. The normalized spacial score (nSPS) is 17.9. The van der Waals surface area contributed by atoms with E-state index in [1.807, 2.05) is 19.2 Å². The van der Waals surface area contributed by atoms with Gasteiger partial charge in [-0.3, -0.25) is 14.5 Å². The number of urea groups is 1. The third-order valence-corrected chi connectivity index (χ3v) is 6.42. The maximum atomic E-state index is 13.1. The Morgan fingerprint density at radius 3 is 2.52 bits per heavy atom. The van der Waals surface area contributed by atoms with Gasteiger partial charge in [-0.25, -0.2) is 9.59 Å². The fourth-order valence-corrected chi connectivity index (χ4v) is 4.74. The number of carbonyl (C=O) groups is 4. The molecule has 3 rings (SSSR count). The molecule has 2 aromatic rings. The molecule has 2 N–H and O–H groups in total. The highest BCUT2D eigenvalue weighted by atomic mass is 35.5. The fourth-order valence-electron chi connectivity index (χ4n) is 3.63. The van der Waals surface area contributed by atoms with E-state index in [1.165, 1.54) is 11.3 Å². The quantitative estimate of drug-likeness (QED) is 0.425. The van der Waals surface area contributed by atoms with E-state index in [1.54, 1.807) is 38.1 Å². The predicted molar refractivity (Wildman–Crippen MR) is 126 cm³/mol. The van der Waals surface area contributed by atoms with Gasteiger partial charge in [0.25, 0.3) is 5.91 Å². The number of amides is 4. The topological polar surface area (TPSA) is 105 Å². The summed E-state index contributed by atoms with van der Waals surface area (Å²) in [6.07, 6.45) is 0.646. The second kappa shape index (κ2) is 9.93. The fraction of sp³-hybridized carbons (Fsp3) is 0.391. The molecule has 1 aliphatic rings. The molecule has 10 heteroatoms. The number of ether oxygens (including phenoxy) is 1. The molecule has 1 aromatic carbocycles. The molecule has 1 aliphatic heterocycles. The number of imide groups is 1. The summed E-state index contributed by atoms with van der Waals surface area (Å²) in [5.74, 6) is -1.37. The number of rotatable bonds is 8. The van der Waals surface area contributed by atoms with Crippen molar-refractivity contribution >= 4 is 51.8 Å². The van der Waals surface area contributed by atoms with Crippen molar-refractivity contribution in [3.05, 3.63) is 51.4 Å². The summed E-state index contributed by atoms with van der Waals surface area (Å²) in [7, 11) is 0. The van der Waals surface area contributed by atoms with Gasteiger partial charge in [0.15, 0.2) is 0 Å². The summed E-state index contributed by atoms with van der Waals surface area (Å²) in [6, 6.07) is 5.87. The summed E-state index contributed by atoms with van der Waals surface area (Å²) in [4.78, 5) is 51.7. The van der Waals surface area contributed by atoms with Crippen LogP contribution in [-0.2, 0) is 26.3 Å². The van der Waals surface area contributed by atoms with Crippen molar-refractivity contribution in [2.24, 2.45) is 5.92 Å². The lowest BCUT2D eigenvalue weighted by Gasteiger charge is -2.22. The van der Waals surface area contributed by atoms with Gasteiger partial charge in [0.1, 0.15) is 17.1 Å². The number of nitrogens with one attached hydrogen (secondary N) is 2. The Labute approximate surface area is 201 Å². The lowest BCUT2D eigenvalue weighted by atomic mass is 9.92. The van der Waals surface area contributed by atoms with Crippen LogP contribution in [0.5, 0.6) is 0 Å². The maximum Gasteiger partial charge on any atom is 0.341 e. The van der Waals surface area contributed by atoms with E-state index in [-0.39, 0.29) is 6.61 Å². The van der Waals surface area contributed by atoms with Crippen molar-refractivity contribution in [1.29, 1.82) is 0 Å². The van der Waals surface area contributed by atoms with Gasteiger partial charge in [-0.05, 0) is 54.8 Å². The lowest BCUT2D eigenvalue weighted by molar-refractivity contribution is -0.133. The van der Waals surface area contributed by atoms with E-state index in [2.05, 4.69) is 10.6 Å². The summed E-state index contributed by atoms with van der Waals surface area (Å²) in [5.41, 5.74) is 0.335. The third-order valence-electron chi connectivity index (χ3n) is 5.23. The van der Waals surface area contributed by atoms with Crippen LogP contribution in [0.25, 0.3) is 0 Å². The van der Waals surface area contributed by atoms with Crippen LogP contribution in [0.15, 0.2) is 29.6 Å². The molecule has 1 aromatic heterocycles. The summed E-state index contributed by atoms with van der Waals surface area (Å²) in [6.45, 7) is 7.05. The number of esters is 1. The molecule has 176 valence electrons. The van der Waals surface area contributed by atoms with Crippen molar-refractivity contribution in [3.8, 4) is 0 Å². The van der Waals surface area contributed by atoms with Crippen LogP contribution in [0, 0.1) is 5.92 Å². The highest BCUT2D eigenvalue weighted by Crippen LogP contribution is 2.32. The molecular formula is C23H26ClN3O5S. The Morgan fingerprint density at radius 1 is 1.24 bits per heavy atom. The molecule has 33 heavy (non-hydrogen) atoms. The minimum Gasteiger partial charge on any atom is -0.462 e. The minimum atomic E-state index is -1.31. The highest BCUT2D eigenvalue weighted by Gasteiger charge is 2.49. The Bertz CT molecular complexity index is 1080. The number of benzene rings is 1. The predicted octanol–water partition coefficient (Wildman–Crippen LogP) is 4.18. The van der Waals surface area contributed by atoms with Gasteiger partial charge < -0.3 is 15.4 Å². The van der Waals surface area contributed by atoms with Crippen LogP contribution in [-0.4, -0.2) is 41.9 Å². The Balaban J connectivity index is 1.77. The average molecular weight is 492 g/mol. The second-order valence-electron chi connectivity index (χ2n) is 8.29. The summed E-state index contributed by atoms with van der Waals surface area (Å²) >= 11 is 7.13. The van der Waals surface area contributed by atoms with Gasteiger partial charge in [0.2, 0.25) is 5.91 Å². The molecule has 1 atom stereocenters. The molecule has 1 unspecified atom stereocenters. The SMILES string of the molecule is CCOC(=O)c1c(CC(C)C)csc1NC(=O)CN1C(=O)NC(C)(c2ccc(Cl)cc2)C1=O. The number of hydrogen-bond acceptors (Lipinski definition) is 6. The van der Waals surface area contributed by atoms with Gasteiger partial charge in [-0.2, -0.15) is 0 Å². The first-order valence-corrected chi connectivity index (χ1v) is 11.8. The molecule has 0 bridgehead atoms. The maximum absolute atomic E-state index is 13.1. The number of nitrogens with zero attached hydrogens (tertiary/aromatic N) is 1. The molecule has 1 fully saturated rings. The first-order chi connectivity index (χ1) is 15.6. The average Bonchev–Trinajstić information content (AvgIpc) is 3.22. The van der Waals surface area contributed by atoms with Crippen molar-refractivity contribution < 1.29 is 23.9 Å². The largest absolute Gasteiger partial charge is 0.462 e. The van der Waals surface area contributed by atoms with Gasteiger partial charge in [0.05, 0.1) is 12.2 Å². The third kappa shape index (κ3) is 5.20. The molecule has 2 heterocycles. The van der Waals surface area contributed by atoms with E-state index in [4.69, 9.17) is 16.3 Å². The zero-order valence-electron chi connectivity index (χ0n) is 18.9. The zero-order chi connectivity index (χ0) is 24.3. The summed E-state index contributed by atoms with van der Waals surface area (Å²) in [5, 5.41) is 7.97. The molecule has 0 saturated carbocycles. The van der Waals surface area contributed by atoms with Crippen molar-refractivity contribution in [2.45, 2.75) is 39.7 Å². The number of halogens is 1. The Kier molecular flexibility index (Phi) is 7.44. The number of hydrogen-bond donors (Lipinski definition) is 2. The van der Waals surface area contributed by atoms with Crippen LogP contribution in [0.1, 0.15) is 49.2 Å². The van der Waals surface area contributed by atoms with Crippen molar-refractivity contribution in [3.63, 3.8) is 0 Å². The van der Waals surface area contributed by atoms with Crippen LogP contribution < -0.4 is 10.6 Å². The molecule has 8 nitrogen and oxygen atoms in total. The summed E-state index contributed by atoms with van der Waals surface area (Å²) < 4.78 is 5.16. The standard InChI is InChI=1S/C23H26ClN3O5S/c1-5-32-20(29)18-14(10-13(2)3)12-33-19(18)25-17(28)11-27-21(30)23(4,26-22(27)31)15-6-8-16(24)9-7-15/h6-9,12-13H,5,10-11H2,1-4H3,(H,25,28)(H,26,31).